The van der Waals surface area contributed by atoms with Gasteiger partial charge in [0.1, 0.15) is 11.8 Å². The standard InChI is InChI=1S/C14H22N2O4/c1-3-4-7-12(13(17)18)16-14(19)15-10(2)9-11-6-5-8-20-11/h5-6,8,10,12H,3-4,7,9H2,1-2H3,(H,17,18)(H2,15,16,19)/t10?,12-/m0/s1. The lowest BCUT2D eigenvalue weighted by molar-refractivity contribution is -0.139. The minimum absolute atomic E-state index is 0.137. The van der Waals surface area contributed by atoms with Gasteiger partial charge in [-0.05, 0) is 25.5 Å². The van der Waals surface area contributed by atoms with Crippen molar-refractivity contribution >= 4 is 12.0 Å². The smallest absolute Gasteiger partial charge is 0.326 e. The fourth-order valence-electron chi connectivity index (χ4n) is 1.87. The Morgan fingerprint density at radius 2 is 2.15 bits per heavy atom. The van der Waals surface area contributed by atoms with Gasteiger partial charge in [0.25, 0.3) is 0 Å². The zero-order valence-electron chi connectivity index (χ0n) is 11.9. The molecule has 1 heterocycles. The predicted octanol–water partition coefficient (Wildman–Crippen LogP) is 2.15. The van der Waals surface area contributed by atoms with E-state index in [9.17, 15) is 9.59 Å². The highest BCUT2D eigenvalue weighted by molar-refractivity contribution is 5.82. The lowest BCUT2D eigenvalue weighted by atomic mass is 10.1. The Morgan fingerprint density at radius 1 is 1.40 bits per heavy atom. The van der Waals surface area contributed by atoms with E-state index in [-0.39, 0.29) is 6.04 Å². The number of urea groups is 1. The van der Waals surface area contributed by atoms with E-state index >= 15 is 0 Å². The van der Waals surface area contributed by atoms with Crippen LogP contribution in [-0.2, 0) is 11.2 Å². The first kappa shape index (κ1) is 16.1. The van der Waals surface area contributed by atoms with Crippen LogP contribution in [0.1, 0.15) is 38.9 Å². The van der Waals surface area contributed by atoms with E-state index in [0.29, 0.717) is 12.8 Å². The Labute approximate surface area is 118 Å². The summed E-state index contributed by atoms with van der Waals surface area (Å²) in [5, 5.41) is 14.2. The molecule has 3 N–H and O–H groups in total. The van der Waals surface area contributed by atoms with Crippen LogP contribution in [0.4, 0.5) is 4.79 Å². The molecule has 0 bridgehead atoms. The second-order valence-corrected chi connectivity index (χ2v) is 4.84. The van der Waals surface area contributed by atoms with E-state index in [4.69, 9.17) is 9.52 Å². The zero-order valence-corrected chi connectivity index (χ0v) is 11.9. The van der Waals surface area contributed by atoms with Crippen molar-refractivity contribution < 1.29 is 19.1 Å². The van der Waals surface area contributed by atoms with Crippen LogP contribution < -0.4 is 10.6 Å². The Kier molecular flexibility index (Phi) is 6.63. The number of aliphatic carboxylic acids is 1. The van der Waals surface area contributed by atoms with Crippen LogP contribution in [0.5, 0.6) is 0 Å². The van der Waals surface area contributed by atoms with Gasteiger partial charge in [0.15, 0.2) is 0 Å². The highest BCUT2D eigenvalue weighted by Crippen LogP contribution is 2.04. The number of nitrogens with one attached hydrogen (secondary N) is 2. The Morgan fingerprint density at radius 3 is 2.70 bits per heavy atom. The van der Waals surface area contributed by atoms with Gasteiger partial charge in [0.2, 0.25) is 0 Å². The minimum atomic E-state index is -1.01. The van der Waals surface area contributed by atoms with Crippen molar-refractivity contribution in [3.8, 4) is 0 Å². The molecule has 0 spiro atoms. The molecule has 0 aliphatic heterocycles. The van der Waals surface area contributed by atoms with Gasteiger partial charge in [0, 0.05) is 12.5 Å². The third-order valence-electron chi connectivity index (χ3n) is 2.91. The summed E-state index contributed by atoms with van der Waals surface area (Å²) in [4.78, 5) is 22.8. The average Bonchev–Trinajstić information content (AvgIpc) is 2.86. The van der Waals surface area contributed by atoms with Crippen LogP contribution in [-0.4, -0.2) is 29.2 Å². The fourth-order valence-corrected chi connectivity index (χ4v) is 1.87. The summed E-state index contributed by atoms with van der Waals surface area (Å²) >= 11 is 0. The highest BCUT2D eigenvalue weighted by atomic mass is 16.4. The summed E-state index contributed by atoms with van der Waals surface area (Å²) in [6, 6.07) is 2.17. The van der Waals surface area contributed by atoms with Crippen molar-refractivity contribution in [2.24, 2.45) is 0 Å². The lowest BCUT2D eigenvalue weighted by Gasteiger charge is -2.17. The minimum Gasteiger partial charge on any atom is -0.480 e. The Hall–Kier alpha value is -1.98. The van der Waals surface area contributed by atoms with Crippen molar-refractivity contribution in [1.82, 2.24) is 10.6 Å². The molecule has 0 aromatic carbocycles. The van der Waals surface area contributed by atoms with E-state index in [1.807, 2.05) is 19.9 Å². The first-order valence-corrected chi connectivity index (χ1v) is 6.85. The summed E-state index contributed by atoms with van der Waals surface area (Å²) in [5.41, 5.74) is 0. The largest absolute Gasteiger partial charge is 0.480 e. The number of carbonyl (C=O) groups is 2. The van der Waals surface area contributed by atoms with E-state index in [1.165, 1.54) is 0 Å². The van der Waals surface area contributed by atoms with E-state index in [2.05, 4.69) is 10.6 Å². The van der Waals surface area contributed by atoms with Gasteiger partial charge in [-0.15, -0.1) is 0 Å². The summed E-state index contributed by atoms with van der Waals surface area (Å²) in [7, 11) is 0. The monoisotopic (exact) mass is 282 g/mol. The third-order valence-corrected chi connectivity index (χ3v) is 2.91. The van der Waals surface area contributed by atoms with Gasteiger partial charge >= 0.3 is 12.0 Å². The highest BCUT2D eigenvalue weighted by Gasteiger charge is 2.20. The maximum Gasteiger partial charge on any atom is 0.326 e. The topological polar surface area (TPSA) is 91.6 Å². The van der Waals surface area contributed by atoms with Crippen molar-refractivity contribution in [2.75, 3.05) is 0 Å². The molecule has 2 atom stereocenters. The van der Waals surface area contributed by atoms with Gasteiger partial charge < -0.3 is 20.2 Å². The number of unbranched alkanes of at least 4 members (excludes halogenated alkanes) is 1. The molecular formula is C14H22N2O4. The zero-order chi connectivity index (χ0) is 15.0. The molecule has 0 aliphatic rings. The maximum atomic E-state index is 11.7. The number of carboxylic acids is 1. The van der Waals surface area contributed by atoms with Crippen LogP contribution in [0.2, 0.25) is 0 Å². The van der Waals surface area contributed by atoms with Gasteiger partial charge in [-0.3, -0.25) is 0 Å². The number of amides is 2. The van der Waals surface area contributed by atoms with Crippen molar-refractivity contribution in [1.29, 1.82) is 0 Å². The molecule has 0 saturated heterocycles. The molecule has 0 radical (unpaired) electrons. The number of hydrogen-bond donors (Lipinski definition) is 3. The second-order valence-electron chi connectivity index (χ2n) is 4.84. The molecule has 6 nitrogen and oxygen atoms in total. The van der Waals surface area contributed by atoms with Crippen LogP contribution in [0.3, 0.4) is 0 Å². The predicted molar refractivity (Wildman–Crippen MR) is 74.5 cm³/mol. The van der Waals surface area contributed by atoms with Crippen LogP contribution >= 0.6 is 0 Å². The molecule has 20 heavy (non-hydrogen) atoms. The second kappa shape index (κ2) is 8.24. The first-order chi connectivity index (χ1) is 9.52. The van der Waals surface area contributed by atoms with Crippen LogP contribution in [0.25, 0.3) is 0 Å². The van der Waals surface area contributed by atoms with E-state index in [0.717, 1.165) is 18.6 Å². The summed E-state index contributed by atoms with van der Waals surface area (Å²) in [5.74, 6) is -0.231. The van der Waals surface area contributed by atoms with Crippen molar-refractivity contribution in [3.63, 3.8) is 0 Å². The normalized spacial score (nSPS) is 13.5. The molecular weight excluding hydrogens is 260 g/mol. The number of carbonyl (C=O) groups excluding carboxylic acids is 1. The number of hydrogen-bond acceptors (Lipinski definition) is 3. The molecule has 2 amide bonds. The van der Waals surface area contributed by atoms with E-state index in [1.54, 1.807) is 12.3 Å². The molecule has 112 valence electrons. The molecule has 1 aromatic rings. The fraction of sp³-hybridized carbons (Fsp3) is 0.571. The van der Waals surface area contributed by atoms with Crippen LogP contribution in [0, 0.1) is 0 Å². The van der Waals surface area contributed by atoms with Crippen LogP contribution in [0.15, 0.2) is 22.8 Å². The SMILES string of the molecule is CCCC[C@H](NC(=O)NC(C)Cc1ccco1)C(=O)O. The third kappa shape index (κ3) is 5.77. The number of rotatable bonds is 8. The molecule has 0 fully saturated rings. The van der Waals surface area contributed by atoms with Gasteiger partial charge in [-0.25, -0.2) is 9.59 Å². The summed E-state index contributed by atoms with van der Waals surface area (Å²) in [6.07, 6.45) is 4.23. The Bertz CT molecular complexity index is 417. The molecule has 6 heteroatoms. The lowest BCUT2D eigenvalue weighted by Crippen LogP contribution is -2.48. The quantitative estimate of drug-likeness (QED) is 0.681. The molecule has 1 unspecified atom stereocenters. The summed E-state index contributed by atoms with van der Waals surface area (Å²) in [6.45, 7) is 3.81. The van der Waals surface area contributed by atoms with Gasteiger partial charge in [-0.2, -0.15) is 0 Å². The first-order valence-electron chi connectivity index (χ1n) is 6.85. The molecule has 1 rings (SSSR count). The van der Waals surface area contributed by atoms with Crippen molar-refractivity contribution in [2.45, 2.75) is 51.6 Å². The average molecular weight is 282 g/mol. The molecule has 0 saturated carbocycles. The number of furan rings is 1. The van der Waals surface area contributed by atoms with Crippen molar-refractivity contribution in [3.05, 3.63) is 24.2 Å². The molecule has 0 aliphatic carbocycles. The molecule has 1 aromatic heterocycles. The van der Waals surface area contributed by atoms with Gasteiger partial charge in [0.05, 0.1) is 6.26 Å². The number of carboxylic acid groups (broad SMARTS) is 1. The Balaban J connectivity index is 2.38. The van der Waals surface area contributed by atoms with E-state index < -0.39 is 18.0 Å². The summed E-state index contributed by atoms with van der Waals surface area (Å²) < 4.78 is 5.19. The van der Waals surface area contributed by atoms with Gasteiger partial charge in [-0.1, -0.05) is 19.8 Å². The maximum absolute atomic E-state index is 11.7.